The summed E-state index contributed by atoms with van der Waals surface area (Å²) in [4.78, 5) is 0. The summed E-state index contributed by atoms with van der Waals surface area (Å²) in [5, 5.41) is 0. The van der Waals surface area contributed by atoms with E-state index < -0.39 is 0 Å². The first-order valence-electron chi connectivity index (χ1n) is 14.6. The third kappa shape index (κ3) is 22.8. The Bertz CT molecular complexity index is 384. The SMILES string of the molecule is CCCCCCCCCCC(C)(C)SC(C)OC(C)SC(C)(C)CCCCCCCCCC. The highest BCUT2D eigenvalue weighted by atomic mass is 32.2. The molecule has 0 bridgehead atoms. The summed E-state index contributed by atoms with van der Waals surface area (Å²) in [6, 6.07) is 0. The van der Waals surface area contributed by atoms with Gasteiger partial charge in [-0.3, -0.25) is 0 Å². The van der Waals surface area contributed by atoms with Crippen LogP contribution in [0.15, 0.2) is 0 Å². The van der Waals surface area contributed by atoms with Crippen LogP contribution in [-0.2, 0) is 4.74 Å². The summed E-state index contributed by atoms with van der Waals surface area (Å²) < 4.78 is 7.02. The van der Waals surface area contributed by atoms with E-state index in [2.05, 4.69) is 55.4 Å². The molecule has 0 fully saturated rings. The molecule has 33 heavy (non-hydrogen) atoms. The molecule has 0 rings (SSSR count). The van der Waals surface area contributed by atoms with Crippen LogP contribution in [0.25, 0.3) is 0 Å². The molecule has 3 heteroatoms. The van der Waals surface area contributed by atoms with E-state index in [1.165, 1.54) is 116 Å². The summed E-state index contributed by atoms with van der Waals surface area (Å²) in [6.45, 7) is 18.7. The molecule has 0 saturated carbocycles. The molecule has 0 aliphatic heterocycles. The van der Waals surface area contributed by atoms with E-state index in [1.54, 1.807) is 0 Å². The minimum Gasteiger partial charge on any atom is -0.354 e. The highest BCUT2D eigenvalue weighted by Gasteiger charge is 2.26. The highest BCUT2D eigenvalue weighted by Crippen LogP contribution is 2.38. The minimum absolute atomic E-state index is 0.260. The molecule has 2 atom stereocenters. The Labute approximate surface area is 219 Å². The average molecular weight is 503 g/mol. The standard InChI is InChI=1S/C30H62OS2/c1-9-11-13-15-17-19-21-23-25-29(5,6)32-27(3)31-28(4)33-30(7,8)26-24-22-20-18-16-14-12-10-2/h27-28H,9-26H2,1-8H3. The maximum atomic E-state index is 6.41. The van der Waals surface area contributed by atoms with Gasteiger partial charge >= 0.3 is 0 Å². The number of hydrogen-bond acceptors (Lipinski definition) is 3. The molecule has 0 aromatic heterocycles. The number of rotatable bonds is 24. The summed E-state index contributed by atoms with van der Waals surface area (Å²) in [7, 11) is 0. The second-order valence-electron chi connectivity index (χ2n) is 11.5. The predicted molar refractivity (Wildman–Crippen MR) is 158 cm³/mol. The van der Waals surface area contributed by atoms with Gasteiger partial charge in [0.2, 0.25) is 0 Å². The number of hydrogen-bond donors (Lipinski definition) is 0. The predicted octanol–water partition coefficient (Wildman–Crippen LogP) is 11.8. The van der Waals surface area contributed by atoms with E-state index in [4.69, 9.17) is 4.74 Å². The average Bonchev–Trinajstić information content (AvgIpc) is 2.70. The summed E-state index contributed by atoms with van der Waals surface area (Å²) >= 11 is 4.06. The summed E-state index contributed by atoms with van der Waals surface area (Å²) in [5.41, 5.74) is 0.519. The first-order chi connectivity index (χ1) is 15.6. The molecule has 0 aliphatic rings. The molecular weight excluding hydrogens is 440 g/mol. The molecular formula is C30H62OS2. The van der Waals surface area contributed by atoms with Crippen molar-refractivity contribution in [2.75, 3.05) is 0 Å². The van der Waals surface area contributed by atoms with Gasteiger partial charge in [-0.1, -0.05) is 144 Å². The Kier molecular flexibility index (Phi) is 21.2. The van der Waals surface area contributed by atoms with Crippen molar-refractivity contribution >= 4 is 23.5 Å². The summed E-state index contributed by atoms with van der Waals surface area (Å²) in [6.07, 6.45) is 25.0. The van der Waals surface area contributed by atoms with Crippen molar-refractivity contribution in [2.24, 2.45) is 0 Å². The number of thioether (sulfide) groups is 2. The number of ether oxygens (including phenoxy) is 1. The van der Waals surface area contributed by atoms with Crippen LogP contribution in [0.1, 0.15) is 171 Å². The van der Waals surface area contributed by atoms with Gasteiger partial charge in [-0.25, -0.2) is 0 Å². The molecule has 0 heterocycles. The third-order valence-electron chi connectivity index (χ3n) is 6.62. The van der Waals surface area contributed by atoms with Crippen LogP contribution >= 0.6 is 23.5 Å². The highest BCUT2D eigenvalue weighted by molar-refractivity contribution is 8.01. The molecule has 2 unspecified atom stereocenters. The molecule has 0 aromatic rings. The molecule has 1 nitrogen and oxygen atoms in total. The fraction of sp³-hybridized carbons (Fsp3) is 1.00. The Hall–Kier alpha value is 0.660. The zero-order chi connectivity index (χ0) is 25.0. The van der Waals surface area contributed by atoms with Crippen molar-refractivity contribution < 1.29 is 4.74 Å². The fourth-order valence-corrected chi connectivity index (χ4v) is 7.55. The van der Waals surface area contributed by atoms with Gasteiger partial charge in [0, 0.05) is 9.49 Å². The molecule has 0 amide bonds. The minimum atomic E-state index is 0.260. The molecule has 0 aliphatic carbocycles. The first-order valence-corrected chi connectivity index (χ1v) is 16.4. The van der Waals surface area contributed by atoms with Crippen molar-refractivity contribution in [3.8, 4) is 0 Å². The largest absolute Gasteiger partial charge is 0.354 e. The van der Waals surface area contributed by atoms with Crippen LogP contribution in [-0.4, -0.2) is 20.4 Å². The van der Waals surface area contributed by atoms with E-state index in [9.17, 15) is 0 Å². The van der Waals surface area contributed by atoms with Gasteiger partial charge in [0.25, 0.3) is 0 Å². The van der Waals surface area contributed by atoms with Crippen molar-refractivity contribution in [1.29, 1.82) is 0 Å². The van der Waals surface area contributed by atoms with E-state index in [-0.39, 0.29) is 10.9 Å². The van der Waals surface area contributed by atoms with Gasteiger partial charge in [-0.15, -0.1) is 23.5 Å². The Balaban J connectivity index is 3.95. The molecule has 0 aromatic carbocycles. The third-order valence-corrected chi connectivity index (χ3v) is 9.19. The Morgan fingerprint density at radius 3 is 1.06 bits per heavy atom. The van der Waals surface area contributed by atoms with Crippen LogP contribution < -0.4 is 0 Å². The maximum Gasteiger partial charge on any atom is 0.102 e. The van der Waals surface area contributed by atoms with Crippen molar-refractivity contribution in [2.45, 2.75) is 191 Å². The Morgan fingerprint density at radius 1 is 0.485 bits per heavy atom. The van der Waals surface area contributed by atoms with Gasteiger partial charge in [0.1, 0.15) is 10.9 Å². The lowest BCUT2D eigenvalue weighted by molar-refractivity contribution is 0.111. The normalized spacial score (nSPS) is 14.5. The topological polar surface area (TPSA) is 9.23 Å². The van der Waals surface area contributed by atoms with Crippen molar-refractivity contribution in [3.63, 3.8) is 0 Å². The second-order valence-corrected chi connectivity index (χ2v) is 15.5. The van der Waals surface area contributed by atoms with Gasteiger partial charge in [-0.05, 0) is 26.7 Å². The molecule has 200 valence electrons. The Morgan fingerprint density at radius 2 is 0.758 bits per heavy atom. The van der Waals surface area contributed by atoms with Crippen LogP contribution in [0.4, 0.5) is 0 Å². The van der Waals surface area contributed by atoms with E-state index in [0.29, 0.717) is 9.49 Å². The molecule has 0 radical (unpaired) electrons. The van der Waals surface area contributed by atoms with Gasteiger partial charge in [0.15, 0.2) is 0 Å². The lowest BCUT2D eigenvalue weighted by atomic mass is 10.0. The van der Waals surface area contributed by atoms with Gasteiger partial charge in [-0.2, -0.15) is 0 Å². The van der Waals surface area contributed by atoms with Crippen LogP contribution in [0.2, 0.25) is 0 Å². The summed E-state index contributed by atoms with van der Waals surface area (Å²) in [5.74, 6) is 0. The van der Waals surface area contributed by atoms with Crippen LogP contribution in [0.3, 0.4) is 0 Å². The van der Waals surface area contributed by atoms with Crippen LogP contribution in [0, 0.1) is 0 Å². The van der Waals surface area contributed by atoms with Crippen LogP contribution in [0.5, 0.6) is 0 Å². The molecule has 0 N–H and O–H groups in total. The van der Waals surface area contributed by atoms with E-state index in [1.807, 2.05) is 23.5 Å². The second kappa shape index (κ2) is 20.8. The number of unbranched alkanes of at least 4 members (excludes halogenated alkanes) is 14. The van der Waals surface area contributed by atoms with Gasteiger partial charge < -0.3 is 4.74 Å². The molecule has 0 saturated heterocycles. The van der Waals surface area contributed by atoms with Crippen molar-refractivity contribution in [1.82, 2.24) is 0 Å². The molecule has 0 spiro atoms. The van der Waals surface area contributed by atoms with E-state index >= 15 is 0 Å². The zero-order valence-electron chi connectivity index (χ0n) is 24.1. The monoisotopic (exact) mass is 502 g/mol. The smallest absolute Gasteiger partial charge is 0.102 e. The quantitative estimate of drug-likeness (QED) is 0.0959. The lowest BCUT2D eigenvalue weighted by Crippen LogP contribution is -2.25. The zero-order valence-corrected chi connectivity index (χ0v) is 25.7. The fourth-order valence-electron chi connectivity index (χ4n) is 4.71. The van der Waals surface area contributed by atoms with Crippen molar-refractivity contribution in [3.05, 3.63) is 0 Å². The van der Waals surface area contributed by atoms with E-state index in [0.717, 1.165) is 0 Å². The van der Waals surface area contributed by atoms with Gasteiger partial charge in [0.05, 0.1) is 0 Å². The lowest BCUT2D eigenvalue weighted by Gasteiger charge is -2.32. The first kappa shape index (κ1) is 33.7. The maximum absolute atomic E-state index is 6.41.